The van der Waals surface area contributed by atoms with Crippen LogP contribution in [0.3, 0.4) is 0 Å². The lowest BCUT2D eigenvalue weighted by atomic mass is 9.92. The Labute approximate surface area is 307 Å². The number of imide groups is 4. The second-order valence-corrected chi connectivity index (χ2v) is 13.6. The molecule has 53 heavy (non-hydrogen) atoms. The zero-order valence-electron chi connectivity index (χ0n) is 30.7. The fraction of sp³-hybridized carbons (Fsp3) is 0.657. The van der Waals surface area contributed by atoms with Crippen LogP contribution < -0.4 is 21.3 Å². The number of amides is 10. The maximum Gasteiger partial charge on any atom is 0.232 e. The summed E-state index contributed by atoms with van der Waals surface area (Å²) in [6.45, 7) is 5.94. The number of carbonyl (C=O) groups excluding carboxylic acids is 12. The van der Waals surface area contributed by atoms with E-state index in [1.54, 1.807) is 13.8 Å². The van der Waals surface area contributed by atoms with Crippen LogP contribution in [0.5, 0.6) is 0 Å². The van der Waals surface area contributed by atoms with Gasteiger partial charge in [-0.1, -0.05) is 13.8 Å². The van der Waals surface area contributed by atoms with Crippen LogP contribution in [-0.4, -0.2) is 107 Å². The minimum atomic E-state index is -1.19. The van der Waals surface area contributed by atoms with Gasteiger partial charge in [-0.05, 0) is 19.3 Å². The highest BCUT2D eigenvalue weighted by atomic mass is 16.2. The van der Waals surface area contributed by atoms with Crippen molar-refractivity contribution in [2.75, 3.05) is 26.2 Å². The lowest BCUT2D eigenvalue weighted by molar-refractivity contribution is -0.140. The monoisotopic (exact) mass is 746 g/mol. The molecule has 4 N–H and O–H groups in total. The molecule has 0 saturated carbocycles. The van der Waals surface area contributed by atoms with Crippen molar-refractivity contribution in [1.29, 1.82) is 0 Å². The van der Waals surface area contributed by atoms with Gasteiger partial charge in [0.05, 0.1) is 11.8 Å². The van der Waals surface area contributed by atoms with Gasteiger partial charge in [0.25, 0.3) is 0 Å². The first kappa shape index (κ1) is 44.0. The standard InChI is InChI=1S/C35H50N6O12/c1-20-14-30(48)40(34(20)52)12-6-10-36-28(46)18-24(32(50)38-22(3)42)16-26(44)8-5-9-27(45)17-25(33(51)39-23(4)43)19-29(47)37-11-7-13-41-31(49)15-21(2)35(41)53/h20-21,24-25H,5-19H2,1-4H3,(H,36,46)(H,37,47)(H,38,42,50)(H,39,43,51). The fourth-order valence-electron chi connectivity index (χ4n) is 5.99. The molecular formula is C35H50N6O12. The summed E-state index contributed by atoms with van der Waals surface area (Å²) in [5.41, 5.74) is 0. The average Bonchev–Trinajstić information content (AvgIpc) is 3.45. The maximum absolute atomic E-state index is 12.8. The van der Waals surface area contributed by atoms with Gasteiger partial charge < -0.3 is 10.6 Å². The Balaban J connectivity index is 1.83. The molecule has 18 heteroatoms. The van der Waals surface area contributed by atoms with Crippen molar-refractivity contribution in [3.63, 3.8) is 0 Å². The summed E-state index contributed by atoms with van der Waals surface area (Å²) in [5.74, 6) is -9.43. The van der Waals surface area contributed by atoms with Gasteiger partial charge in [0.1, 0.15) is 11.6 Å². The summed E-state index contributed by atoms with van der Waals surface area (Å²) in [7, 11) is 0. The Morgan fingerprint density at radius 3 is 1.25 bits per heavy atom. The van der Waals surface area contributed by atoms with E-state index in [1.807, 2.05) is 0 Å². The van der Waals surface area contributed by atoms with Gasteiger partial charge in [-0.15, -0.1) is 0 Å². The fourth-order valence-corrected chi connectivity index (χ4v) is 5.99. The topological polar surface area (TPSA) is 259 Å². The highest BCUT2D eigenvalue weighted by molar-refractivity contribution is 6.04. The lowest BCUT2D eigenvalue weighted by Gasteiger charge is -2.17. The lowest BCUT2D eigenvalue weighted by Crippen LogP contribution is -2.39. The predicted octanol–water partition coefficient (Wildman–Crippen LogP) is -0.784. The number of nitrogens with zero attached hydrogens (tertiary/aromatic N) is 2. The van der Waals surface area contributed by atoms with Crippen molar-refractivity contribution in [3.05, 3.63) is 0 Å². The van der Waals surface area contributed by atoms with Crippen LogP contribution in [0.25, 0.3) is 0 Å². The van der Waals surface area contributed by atoms with Crippen LogP contribution in [0.4, 0.5) is 0 Å². The highest BCUT2D eigenvalue weighted by Crippen LogP contribution is 2.20. The van der Waals surface area contributed by atoms with Crippen molar-refractivity contribution in [1.82, 2.24) is 31.1 Å². The van der Waals surface area contributed by atoms with Crippen molar-refractivity contribution in [2.24, 2.45) is 23.7 Å². The Morgan fingerprint density at radius 2 is 0.943 bits per heavy atom. The molecule has 0 radical (unpaired) electrons. The Morgan fingerprint density at radius 1 is 0.585 bits per heavy atom. The summed E-state index contributed by atoms with van der Waals surface area (Å²) < 4.78 is 0. The molecule has 2 saturated heterocycles. The average molecular weight is 747 g/mol. The van der Waals surface area contributed by atoms with E-state index in [2.05, 4.69) is 21.3 Å². The Kier molecular flexibility index (Phi) is 17.8. The third-order valence-corrected chi connectivity index (χ3v) is 8.76. The Hall–Kier alpha value is -5.16. The number of likely N-dealkylation sites (tertiary alicyclic amines) is 2. The molecule has 0 spiro atoms. The molecule has 2 aliphatic rings. The van der Waals surface area contributed by atoms with Gasteiger partial charge in [-0.2, -0.15) is 0 Å². The molecular weight excluding hydrogens is 696 g/mol. The van der Waals surface area contributed by atoms with E-state index in [4.69, 9.17) is 0 Å². The largest absolute Gasteiger partial charge is 0.356 e. The van der Waals surface area contributed by atoms with Crippen molar-refractivity contribution in [2.45, 2.75) is 98.3 Å². The normalized spacial score (nSPS) is 18.0. The zero-order chi connectivity index (χ0) is 39.8. The molecule has 4 atom stereocenters. The number of hydrogen-bond acceptors (Lipinski definition) is 12. The van der Waals surface area contributed by atoms with Gasteiger partial charge in [-0.25, -0.2) is 0 Å². The van der Waals surface area contributed by atoms with E-state index in [-0.39, 0.29) is 94.8 Å². The molecule has 4 unspecified atom stereocenters. The van der Waals surface area contributed by atoms with Gasteiger partial charge in [0, 0.05) is 103 Å². The second kappa shape index (κ2) is 21.4. The summed E-state index contributed by atoms with van der Waals surface area (Å²) in [6, 6.07) is 0. The van der Waals surface area contributed by atoms with Crippen LogP contribution in [0.2, 0.25) is 0 Å². The van der Waals surface area contributed by atoms with Crippen LogP contribution in [0, 0.1) is 23.7 Å². The van der Waals surface area contributed by atoms with E-state index in [9.17, 15) is 57.5 Å². The van der Waals surface area contributed by atoms with E-state index >= 15 is 0 Å². The molecule has 292 valence electrons. The summed E-state index contributed by atoms with van der Waals surface area (Å²) in [5, 5.41) is 9.31. The van der Waals surface area contributed by atoms with Crippen molar-refractivity contribution >= 4 is 70.6 Å². The SMILES string of the molecule is CC(=O)NC(=O)C(CC(=O)CCCC(=O)CC(CC(=O)NCCCN1C(=O)CC(C)C1=O)C(=O)NC(C)=O)CC(=O)NCCCN1C(=O)CC(C)C1=O. The van der Waals surface area contributed by atoms with Gasteiger partial charge in [0.15, 0.2) is 0 Å². The molecule has 10 amide bonds. The van der Waals surface area contributed by atoms with Gasteiger partial charge in [-0.3, -0.25) is 78.0 Å². The Bertz CT molecular complexity index is 1380. The summed E-state index contributed by atoms with van der Waals surface area (Å²) in [6.07, 6.45) is -1.15. The van der Waals surface area contributed by atoms with Crippen molar-refractivity contribution < 1.29 is 57.5 Å². The molecule has 2 rings (SSSR count). The molecule has 0 aromatic heterocycles. The molecule has 0 aliphatic carbocycles. The smallest absolute Gasteiger partial charge is 0.232 e. The number of nitrogens with one attached hydrogen (secondary N) is 4. The van der Waals surface area contributed by atoms with E-state index in [1.165, 1.54) is 0 Å². The quantitative estimate of drug-likeness (QED) is 0.0786. The first-order valence-corrected chi connectivity index (χ1v) is 17.8. The summed E-state index contributed by atoms with van der Waals surface area (Å²) in [4.78, 5) is 149. The minimum Gasteiger partial charge on any atom is -0.356 e. The number of Topliss-reactive ketones (excluding diaryl/α,β-unsaturated/α-hetero) is 2. The molecule has 18 nitrogen and oxygen atoms in total. The third kappa shape index (κ3) is 15.2. The molecule has 2 heterocycles. The summed E-state index contributed by atoms with van der Waals surface area (Å²) >= 11 is 0. The first-order valence-electron chi connectivity index (χ1n) is 17.8. The van der Waals surface area contributed by atoms with Crippen LogP contribution in [-0.2, 0) is 57.5 Å². The van der Waals surface area contributed by atoms with E-state index in [0.29, 0.717) is 0 Å². The number of hydrogen-bond donors (Lipinski definition) is 4. The number of rotatable bonds is 22. The second-order valence-electron chi connectivity index (χ2n) is 13.6. The van der Waals surface area contributed by atoms with Crippen LogP contribution in [0.1, 0.15) is 98.3 Å². The molecule has 0 bridgehead atoms. The van der Waals surface area contributed by atoms with E-state index in [0.717, 1.165) is 23.6 Å². The maximum atomic E-state index is 12.8. The first-order chi connectivity index (χ1) is 24.9. The van der Waals surface area contributed by atoms with Gasteiger partial charge >= 0.3 is 0 Å². The molecule has 2 aliphatic heterocycles. The predicted molar refractivity (Wildman–Crippen MR) is 183 cm³/mol. The van der Waals surface area contributed by atoms with E-state index < -0.39 is 96.4 Å². The molecule has 2 fully saturated rings. The van der Waals surface area contributed by atoms with Crippen molar-refractivity contribution in [3.8, 4) is 0 Å². The van der Waals surface area contributed by atoms with Crippen LogP contribution >= 0.6 is 0 Å². The molecule has 0 aromatic rings. The van der Waals surface area contributed by atoms with Crippen LogP contribution in [0.15, 0.2) is 0 Å². The molecule has 0 aromatic carbocycles. The highest BCUT2D eigenvalue weighted by Gasteiger charge is 2.36. The zero-order valence-corrected chi connectivity index (χ0v) is 30.7. The van der Waals surface area contributed by atoms with Gasteiger partial charge in [0.2, 0.25) is 59.1 Å². The third-order valence-electron chi connectivity index (χ3n) is 8.76. The number of ketones is 2. The number of carbonyl (C=O) groups is 12. The minimum absolute atomic E-state index is 0.0251.